The van der Waals surface area contributed by atoms with Gasteiger partial charge in [-0.05, 0) is 37.8 Å². The SMILES string of the molecule is Cc1cccc(C)c1NCC(O)COCC1CCCO1. The van der Waals surface area contributed by atoms with E-state index >= 15 is 0 Å². The summed E-state index contributed by atoms with van der Waals surface area (Å²) in [5.41, 5.74) is 3.49. The Labute approximate surface area is 121 Å². The highest BCUT2D eigenvalue weighted by Crippen LogP contribution is 2.19. The molecule has 0 aromatic heterocycles. The second-order valence-corrected chi connectivity index (χ2v) is 5.47. The van der Waals surface area contributed by atoms with E-state index in [0.29, 0.717) is 19.8 Å². The number of aliphatic hydroxyl groups excluding tert-OH is 1. The van der Waals surface area contributed by atoms with E-state index in [4.69, 9.17) is 9.47 Å². The maximum Gasteiger partial charge on any atom is 0.0945 e. The van der Waals surface area contributed by atoms with E-state index in [1.165, 1.54) is 11.1 Å². The first-order chi connectivity index (χ1) is 9.66. The predicted octanol–water partition coefficient (Wildman–Crippen LogP) is 2.27. The third-order valence-corrected chi connectivity index (χ3v) is 3.63. The van der Waals surface area contributed by atoms with Crippen molar-refractivity contribution in [2.24, 2.45) is 0 Å². The fourth-order valence-electron chi connectivity index (χ4n) is 2.48. The van der Waals surface area contributed by atoms with E-state index in [0.717, 1.165) is 25.1 Å². The summed E-state index contributed by atoms with van der Waals surface area (Å²) in [5.74, 6) is 0. The van der Waals surface area contributed by atoms with E-state index < -0.39 is 6.10 Å². The topological polar surface area (TPSA) is 50.7 Å². The monoisotopic (exact) mass is 279 g/mol. The average Bonchev–Trinajstić information content (AvgIpc) is 2.91. The molecule has 2 rings (SSSR count). The van der Waals surface area contributed by atoms with Crippen LogP contribution < -0.4 is 5.32 Å². The molecule has 0 aliphatic carbocycles. The highest BCUT2D eigenvalue weighted by molar-refractivity contribution is 5.56. The van der Waals surface area contributed by atoms with Gasteiger partial charge in [0.1, 0.15) is 0 Å². The lowest BCUT2D eigenvalue weighted by Crippen LogP contribution is -2.27. The third kappa shape index (κ3) is 4.47. The van der Waals surface area contributed by atoms with Gasteiger partial charge in [0, 0.05) is 18.8 Å². The van der Waals surface area contributed by atoms with Crippen LogP contribution in [0, 0.1) is 13.8 Å². The van der Waals surface area contributed by atoms with E-state index in [9.17, 15) is 5.11 Å². The van der Waals surface area contributed by atoms with Crippen molar-refractivity contribution in [3.05, 3.63) is 29.3 Å². The zero-order chi connectivity index (χ0) is 14.4. The Morgan fingerprint density at radius 3 is 2.80 bits per heavy atom. The van der Waals surface area contributed by atoms with Crippen molar-refractivity contribution in [2.75, 3.05) is 31.7 Å². The van der Waals surface area contributed by atoms with Gasteiger partial charge in [0.2, 0.25) is 0 Å². The van der Waals surface area contributed by atoms with Gasteiger partial charge in [-0.15, -0.1) is 0 Å². The quantitative estimate of drug-likeness (QED) is 0.804. The fourth-order valence-corrected chi connectivity index (χ4v) is 2.48. The van der Waals surface area contributed by atoms with Crippen LogP contribution in [-0.4, -0.2) is 43.7 Å². The number of hydrogen-bond donors (Lipinski definition) is 2. The predicted molar refractivity (Wildman–Crippen MR) is 80.2 cm³/mol. The Kier molecular flexibility index (Phi) is 5.83. The molecule has 1 saturated heterocycles. The van der Waals surface area contributed by atoms with Crippen molar-refractivity contribution in [2.45, 2.75) is 38.9 Å². The van der Waals surface area contributed by atoms with Crippen LogP contribution in [0.3, 0.4) is 0 Å². The lowest BCUT2D eigenvalue weighted by molar-refractivity contribution is -0.0137. The molecule has 20 heavy (non-hydrogen) atoms. The molecule has 0 radical (unpaired) electrons. The number of anilines is 1. The molecule has 112 valence electrons. The molecule has 2 N–H and O–H groups in total. The van der Waals surface area contributed by atoms with Crippen LogP contribution in [0.5, 0.6) is 0 Å². The second kappa shape index (κ2) is 7.62. The fraction of sp³-hybridized carbons (Fsp3) is 0.625. The van der Waals surface area contributed by atoms with Crippen LogP contribution in [0.2, 0.25) is 0 Å². The molecule has 0 amide bonds. The van der Waals surface area contributed by atoms with Gasteiger partial charge < -0.3 is 19.9 Å². The average molecular weight is 279 g/mol. The molecule has 0 saturated carbocycles. The molecule has 0 spiro atoms. The van der Waals surface area contributed by atoms with Crippen LogP contribution in [0.4, 0.5) is 5.69 Å². The number of benzene rings is 1. The smallest absolute Gasteiger partial charge is 0.0945 e. The van der Waals surface area contributed by atoms with Crippen molar-refractivity contribution >= 4 is 5.69 Å². The normalized spacial score (nSPS) is 20.1. The van der Waals surface area contributed by atoms with Crippen LogP contribution >= 0.6 is 0 Å². The van der Waals surface area contributed by atoms with Gasteiger partial charge in [-0.3, -0.25) is 0 Å². The molecule has 4 nitrogen and oxygen atoms in total. The highest BCUT2D eigenvalue weighted by Gasteiger charge is 2.16. The number of rotatable bonds is 7. The van der Waals surface area contributed by atoms with Crippen LogP contribution in [-0.2, 0) is 9.47 Å². The minimum Gasteiger partial charge on any atom is -0.389 e. The van der Waals surface area contributed by atoms with Crippen molar-refractivity contribution in [1.29, 1.82) is 0 Å². The van der Waals surface area contributed by atoms with Crippen LogP contribution in [0.15, 0.2) is 18.2 Å². The number of aryl methyl sites for hydroxylation is 2. The van der Waals surface area contributed by atoms with Crippen LogP contribution in [0.25, 0.3) is 0 Å². The van der Waals surface area contributed by atoms with Gasteiger partial charge in [-0.2, -0.15) is 0 Å². The number of para-hydroxylation sites is 1. The highest BCUT2D eigenvalue weighted by atomic mass is 16.5. The molecular weight excluding hydrogens is 254 g/mol. The maximum atomic E-state index is 9.94. The van der Waals surface area contributed by atoms with Crippen molar-refractivity contribution in [3.63, 3.8) is 0 Å². The van der Waals surface area contributed by atoms with Gasteiger partial charge in [0.15, 0.2) is 0 Å². The number of aliphatic hydroxyl groups is 1. The van der Waals surface area contributed by atoms with E-state index in [2.05, 4.69) is 31.3 Å². The Morgan fingerprint density at radius 1 is 1.40 bits per heavy atom. The largest absolute Gasteiger partial charge is 0.389 e. The summed E-state index contributed by atoms with van der Waals surface area (Å²) in [4.78, 5) is 0. The molecule has 1 aromatic rings. The molecule has 1 aliphatic heterocycles. The van der Waals surface area contributed by atoms with E-state index in [-0.39, 0.29) is 6.10 Å². The van der Waals surface area contributed by atoms with Crippen molar-refractivity contribution in [1.82, 2.24) is 0 Å². The molecule has 4 heteroatoms. The first-order valence-electron chi connectivity index (χ1n) is 7.34. The third-order valence-electron chi connectivity index (χ3n) is 3.63. The van der Waals surface area contributed by atoms with Gasteiger partial charge >= 0.3 is 0 Å². The summed E-state index contributed by atoms with van der Waals surface area (Å²) in [6.07, 6.45) is 1.89. The molecule has 1 fully saturated rings. The number of hydrogen-bond acceptors (Lipinski definition) is 4. The Morgan fingerprint density at radius 2 is 2.15 bits per heavy atom. The standard InChI is InChI=1S/C16H25NO3/c1-12-5-3-6-13(2)16(12)17-9-14(18)10-19-11-15-7-4-8-20-15/h3,5-6,14-15,17-18H,4,7-11H2,1-2H3. The number of nitrogens with one attached hydrogen (secondary N) is 1. The first kappa shape index (κ1) is 15.3. The summed E-state index contributed by atoms with van der Waals surface area (Å²) in [6.45, 7) is 6.39. The lowest BCUT2D eigenvalue weighted by Gasteiger charge is -2.17. The molecule has 1 aromatic carbocycles. The maximum absolute atomic E-state index is 9.94. The Bertz CT molecular complexity index is 396. The molecule has 2 atom stereocenters. The summed E-state index contributed by atoms with van der Waals surface area (Å²) in [5, 5.41) is 13.2. The molecular formula is C16H25NO3. The van der Waals surface area contributed by atoms with Gasteiger partial charge in [0.05, 0.1) is 25.4 Å². The lowest BCUT2D eigenvalue weighted by atomic mass is 10.1. The van der Waals surface area contributed by atoms with Crippen LogP contribution in [0.1, 0.15) is 24.0 Å². The Hall–Kier alpha value is -1.10. The van der Waals surface area contributed by atoms with Gasteiger partial charge in [-0.25, -0.2) is 0 Å². The molecule has 1 aliphatic rings. The van der Waals surface area contributed by atoms with Crippen molar-refractivity contribution in [3.8, 4) is 0 Å². The molecule has 2 unspecified atom stereocenters. The number of ether oxygens (including phenoxy) is 2. The summed E-state index contributed by atoms with van der Waals surface area (Å²) in [6, 6.07) is 6.17. The zero-order valence-corrected chi connectivity index (χ0v) is 12.4. The van der Waals surface area contributed by atoms with Gasteiger partial charge in [0.25, 0.3) is 0 Å². The second-order valence-electron chi connectivity index (χ2n) is 5.47. The summed E-state index contributed by atoms with van der Waals surface area (Å²) in [7, 11) is 0. The summed E-state index contributed by atoms with van der Waals surface area (Å²) < 4.78 is 11.0. The minimum atomic E-state index is -0.504. The zero-order valence-electron chi connectivity index (χ0n) is 12.4. The van der Waals surface area contributed by atoms with Crippen molar-refractivity contribution < 1.29 is 14.6 Å². The van der Waals surface area contributed by atoms with Gasteiger partial charge in [-0.1, -0.05) is 18.2 Å². The minimum absolute atomic E-state index is 0.216. The first-order valence-corrected chi connectivity index (χ1v) is 7.34. The van der Waals surface area contributed by atoms with E-state index in [1.54, 1.807) is 0 Å². The summed E-state index contributed by atoms with van der Waals surface area (Å²) >= 11 is 0. The van der Waals surface area contributed by atoms with E-state index in [1.807, 2.05) is 6.07 Å². The Balaban J connectivity index is 1.68. The molecule has 0 bridgehead atoms. The molecule has 1 heterocycles.